The molecule has 26 heavy (non-hydrogen) atoms. The average molecular weight is 371 g/mol. The number of furan rings is 1. The number of carbonyl (C=O) groups excluding carboxylic acids is 1. The molecule has 3 aromatic rings. The average Bonchev–Trinajstić information content (AvgIpc) is 3.31. The first-order chi connectivity index (χ1) is 12.6. The molecule has 134 valence electrons. The summed E-state index contributed by atoms with van der Waals surface area (Å²) in [5.74, 6) is 0.530. The van der Waals surface area contributed by atoms with Crippen LogP contribution in [-0.2, 0) is 0 Å². The molecule has 1 amide bonds. The molecule has 0 saturated carbocycles. The molecule has 1 aliphatic rings. The Hall–Kier alpha value is -2.57. The van der Waals surface area contributed by atoms with Gasteiger partial charge in [-0.1, -0.05) is 11.6 Å². The van der Waals surface area contributed by atoms with Crippen molar-refractivity contribution in [3.63, 3.8) is 0 Å². The Kier molecular flexibility index (Phi) is 4.53. The zero-order chi connectivity index (χ0) is 18.1. The van der Waals surface area contributed by atoms with E-state index in [-0.39, 0.29) is 11.9 Å². The largest absolute Gasteiger partial charge is 0.463 e. The molecule has 2 aromatic heterocycles. The first kappa shape index (κ1) is 16.9. The van der Waals surface area contributed by atoms with Crippen LogP contribution in [0.1, 0.15) is 23.3 Å². The molecule has 4 rings (SSSR count). The van der Waals surface area contributed by atoms with Gasteiger partial charge in [0.15, 0.2) is 11.5 Å². The van der Waals surface area contributed by atoms with Crippen LogP contribution >= 0.6 is 11.6 Å². The van der Waals surface area contributed by atoms with Gasteiger partial charge < -0.3 is 15.1 Å². The molecule has 1 unspecified atom stereocenters. The van der Waals surface area contributed by atoms with Crippen LogP contribution in [0.5, 0.6) is 0 Å². The lowest BCUT2D eigenvalue weighted by molar-refractivity contribution is 0.0702. The van der Waals surface area contributed by atoms with Crippen LogP contribution in [0, 0.1) is 0 Å². The summed E-state index contributed by atoms with van der Waals surface area (Å²) < 4.78 is 7.23. The number of hydrogen-bond donors (Lipinski definition) is 1. The number of nitrogens with zero attached hydrogens (tertiary/aromatic N) is 3. The zero-order valence-corrected chi connectivity index (χ0v) is 14.9. The Bertz CT molecular complexity index is 902. The van der Waals surface area contributed by atoms with E-state index in [1.54, 1.807) is 40.1 Å². The molecule has 3 heterocycles. The number of likely N-dealkylation sites (tertiary alicyclic amines) is 1. The number of piperidine rings is 1. The lowest BCUT2D eigenvalue weighted by Gasteiger charge is -2.30. The number of benzene rings is 1. The van der Waals surface area contributed by atoms with Gasteiger partial charge in [0, 0.05) is 30.2 Å². The van der Waals surface area contributed by atoms with E-state index in [4.69, 9.17) is 21.8 Å². The molecule has 7 heteroatoms. The van der Waals surface area contributed by atoms with Crippen LogP contribution in [0.3, 0.4) is 0 Å². The van der Waals surface area contributed by atoms with E-state index in [1.807, 2.05) is 18.2 Å². The third-order valence-corrected chi connectivity index (χ3v) is 4.77. The number of hydrogen-bond acceptors (Lipinski definition) is 4. The summed E-state index contributed by atoms with van der Waals surface area (Å²) in [5.41, 5.74) is 7.90. The van der Waals surface area contributed by atoms with Crippen molar-refractivity contribution < 1.29 is 9.21 Å². The van der Waals surface area contributed by atoms with Crippen LogP contribution < -0.4 is 5.73 Å². The summed E-state index contributed by atoms with van der Waals surface area (Å²) >= 11 is 5.99. The van der Waals surface area contributed by atoms with Gasteiger partial charge in [0.25, 0.3) is 5.91 Å². The van der Waals surface area contributed by atoms with Gasteiger partial charge in [-0.2, -0.15) is 5.10 Å². The van der Waals surface area contributed by atoms with Crippen molar-refractivity contribution in [2.75, 3.05) is 13.1 Å². The zero-order valence-electron chi connectivity index (χ0n) is 14.1. The number of nitrogens with two attached hydrogens (primary N) is 1. The number of rotatable bonds is 3. The summed E-state index contributed by atoms with van der Waals surface area (Å²) in [6.45, 7) is 1.26. The Labute approximate surface area is 156 Å². The third-order valence-electron chi connectivity index (χ3n) is 4.52. The normalized spacial score (nSPS) is 17.5. The molecule has 0 spiro atoms. The molecule has 1 aliphatic heterocycles. The highest BCUT2D eigenvalue weighted by Crippen LogP contribution is 2.26. The number of carbonyl (C=O) groups is 1. The van der Waals surface area contributed by atoms with Crippen LogP contribution in [0.2, 0.25) is 5.02 Å². The minimum Gasteiger partial charge on any atom is -0.463 e. The van der Waals surface area contributed by atoms with E-state index in [9.17, 15) is 4.79 Å². The number of halogens is 1. The van der Waals surface area contributed by atoms with Crippen molar-refractivity contribution in [1.82, 2.24) is 14.7 Å². The van der Waals surface area contributed by atoms with Gasteiger partial charge in [0.05, 0.1) is 12.0 Å². The van der Waals surface area contributed by atoms with E-state index < -0.39 is 0 Å². The highest BCUT2D eigenvalue weighted by atomic mass is 35.5. The lowest BCUT2D eigenvalue weighted by Crippen LogP contribution is -2.45. The first-order valence-corrected chi connectivity index (χ1v) is 8.94. The monoisotopic (exact) mass is 370 g/mol. The van der Waals surface area contributed by atoms with Crippen LogP contribution in [-0.4, -0.2) is 39.7 Å². The van der Waals surface area contributed by atoms with Crippen LogP contribution in [0.4, 0.5) is 0 Å². The molecule has 0 bridgehead atoms. The number of amides is 1. The predicted molar refractivity (Wildman–Crippen MR) is 99.4 cm³/mol. The fourth-order valence-electron chi connectivity index (χ4n) is 3.22. The third kappa shape index (κ3) is 3.25. The molecule has 2 N–H and O–H groups in total. The molecular formula is C19H19ClN4O2. The maximum Gasteiger partial charge on any atom is 0.274 e. The van der Waals surface area contributed by atoms with Gasteiger partial charge in [0.2, 0.25) is 0 Å². The van der Waals surface area contributed by atoms with Gasteiger partial charge >= 0.3 is 0 Å². The molecular weight excluding hydrogens is 352 g/mol. The fourth-order valence-corrected chi connectivity index (χ4v) is 3.35. The summed E-state index contributed by atoms with van der Waals surface area (Å²) in [7, 11) is 0. The Morgan fingerprint density at radius 1 is 1.27 bits per heavy atom. The maximum absolute atomic E-state index is 12.9. The van der Waals surface area contributed by atoms with Crippen molar-refractivity contribution in [1.29, 1.82) is 0 Å². The second-order valence-electron chi connectivity index (χ2n) is 6.43. The topological polar surface area (TPSA) is 77.3 Å². The first-order valence-electron chi connectivity index (χ1n) is 8.56. The summed E-state index contributed by atoms with van der Waals surface area (Å²) in [5, 5.41) is 5.19. The van der Waals surface area contributed by atoms with Crippen molar-refractivity contribution in [2.24, 2.45) is 5.73 Å². The second kappa shape index (κ2) is 6.97. The van der Waals surface area contributed by atoms with Crippen LogP contribution in [0.25, 0.3) is 17.1 Å². The SMILES string of the molecule is NC1CCCN(C(=O)c2cc(-c3ccco3)n(-c3ccc(Cl)cc3)n2)C1. The standard InChI is InChI=1S/C19H19ClN4O2/c20-13-5-7-15(8-6-13)24-17(18-4-2-10-26-18)11-16(22-24)19(25)23-9-1-3-14(21)12-23/h2,4-8,10-11,14H,1,3,9,12,21H2. The second-order valence-corrected chi connectivity index (χ2v) is 6.87. The molecule has 0 radical (unpaired) electrons. The highest BCUT2D eigenvalue weighted by Gasteiger charge is 2.26. The summed E-state index contributed by atoms with van der Waals surface area (Å²) in [4.78, 5) is 14.7. The fraction of sp³-hybridized carbons (Fsp3) is 0.263. The minimum absolute atomic E-state index is 0.0237. The van der Waals surface area contributed by atoms with Crippen molar-refractivity contribution >= 4 is 17.5 Å². The Morgan fingerprint density at radius 3 is 2.77 bits per heavy atom. The highest BCUT2D eigenvalue weighted by molar-refractivity contribution is 6.30. The van der Waals surface area contributed by atoms with E-state index in [0.717, 1.165) is 18.5 Å². The smallest absolute Gasteiger partial charge is 0.274 e. The van der Waals surface area contributed by atoms with Gasteiger partial charge in [0.1, 0.15) is 5.69 Å². The van der Waals surface area contributed by atoms with Gasteiger partial charge in [-0.15, -0.1) is 0 Å². The van der Waals surface area contributed by atoms with Gasteiger partial charge in [-0.05, 0) is 49.2 Å². The summed E-state index contributed by atoms with van der Waals surface area (Å²) in [6, 6.07) is 12.7. The predicted octanol–water partition coefficient (Wildman–Crippen LogP) is 3.35. The van der Waals surface area contributed by atoms with Crippen molar-refractivity contribution in [2.45, 2.75) is 18.9 Å². The van der Waals surface area contributed by atoms with Crippen molar-refractivity contribution in [3.8, 4) is 17.1 Å². The maximum atomic E-state index is 12.9. The van der Waals surface area contributed by atoms with Crippen LogP contribution in [0.15, 0.2) is 53.1 Å². The summed E-state index contributed by atoms with van der Waals surface area (Å²) in [6.07, 6.45) is 3.45. The Morgan fingerprint density at radius 2 is 2.08 bits per heavy atom. The quantitative estimate of drug-likeness (QED) is 0.767. The van der Waals surface area contributed by atoms with E-state index in [1.165, 1.54) is 0 Å². The minimum atomic E-state index is -0.110. The molecule has 0 aliphatic carbocycles. The van der Waals surface area contributed by atoms with Gasteiger partial charge in [-0.25, -0.2) is 4.68 Å². The number of aromatic nitrogens is 2. The molecule has 6 nitrogen and oxygen atoms in total. The van der Waals surface area contributed by atoms with Gasteiger partial charge in [-0.3, -0.25) is 4.79 Å². The lowest BCUT2D eigenvalue weighted by atomic mass is 10.1. The molecule has 1 fully saturated rings. The molecule has 1 aromatic carbocycles. The molecule has 1 atom stereocenters. The Balaban J connectivity index is 1.74. The molecule has 1 saturated heterocycles. The van der Waals surface area contributed by atoms with Crippen molar-refractivity contribution in [3.05, 3.63) is 59.4 Å². The van der Waals surface area contributed by atoms with E-state index >= 15 is 0 Å². The van der Waals surface area contributed by atoms with E-state index in [2.05, 4.69) is 5.10 Å². The van der Waals surface area contributed by atoms with E-state index in [0.29, 0.717) is 35.3 Å².